The molecule has 26 heavy (non-hydrogen) atoms. The summed E-state index contributed by atoms with van der Waals surface area (Å²) < 4.78 is 0. The van der Waals surface area contributed by atoms with Gasteiger partial charge in [0.1, 0.15) is 0 Å². The van der Waals surface area contributed by atoms with Gasteiger partial charge in [-0.3, -0.25) is 9.69 Å². The number of nitrogens with one attached hydrogen (secondary N) is 2. The van der Waals surface area contributed by atoms with Crippen LogP contribution >= 0.6 is 0 Å². The molecule has 0 atom stereocenters. The van der Waals surface area contributed by atoms with E-state index in [1.54, 1.807) is 0 Å². The SMILES string of the molecule is O=c1[nH]c2ccccc2cc1-c1cc2cc(CN3CCCC3)ccc2[nH]1. The summed E-state index contributed by atoms with van der Waals surface area (Å²) in [7, 11) is 0. The largest absolute Gasteiger partial charge is 0.354 e. The highest BCUT2D eigenvalue weighted by atomic mass is 16.1. The maximum atomic E-state index is 12.5. The van der Waals surface area contributed by atoms with Gasteiger partial charge in [0.05, 0.1) is 11.3 Å². The average molecular weight is 343 g/mol. The Bertz CT molecular complexity index is 1150. The summed E-state index contributed by atoms with van der Waals surface area (Å²) in [5.74, 6) is 0. The van der Waals surface area contributed by atoms with Crippen molar-refractivity contribution in [2.24, 2.45) is 0 Å². The van der Waals surface area contributed by atoms with Crippen LogP contribution in [-0.4, -0.2) is 28.0 Å². The fraction of sp³-hybridized carbons (Fsp3) is 0.227. The molecule has 5 rings (SSSR count). The Morgan fingerprint density at radius 2 is 1.65 bits per heavy atom. The summed E-state index contributed by atoms with van der Waals surface area (Å²) in [6.07, 6.45) is 2.61. The first kappa shape index (κ1) is 15.4. The van der Waals surface area contributed by atoms with Crippen molar-refractivity contribution in [1.82, 2.24) is 14.9 Å². The molecule has 0 amide bonds. The van der Waals surface area contributed by atoms with Crippen molar-refractivity contribution in [3.63, 3.8) is 0 Å². The van der Waals surface area contributed by atoms with Crippen LogP contribution in [0.15, 0.2) is 59.4 Å². The van der Waals surface area contributed by atoms with Crippen LogP contribution in [0.25, 0.3) is 33.1 Å². The van der Waals surface area contributed by atoms with Crippen LogP contribution in [0.5, 0.6) is 0 Å². The number of benzene rings is 2. The van der Waals surface area contributed by atoms with Crippen molar-refractivity contribution in [2.75, 3.05) is 13.1 Å². The Hall–Kier alpha value is -2.85. The molecule has 1 fully saturated rings. The van der Waals surface area contributed by atoms with E-state index in [4.69, 9.17) is 0 Å². The second kappa shape index (κ2) is 6.15. The van der Waals surface area contributed by atoms with E-state index in [2.05, 4.69) is 39.1 Å². The van der Waals surface area contributed by atoms with Gasteiger partial charge in [0.15, 0.2) is 0 Å². The van der Waals surface area contributed by atoms with Crippen LogP contribution in [-0.2, 0) is 6.54 Å². The second-order valence-electron chi connectivity index (χ2n) is 7.19. The normalized spacial score (nSPS) is 15.2. The zero-order chi connectivity index (χ0) is 17.5. The Labute approximate surface area is 151 Å². The van der Waals surface area contributed by atoms with Gasteiger partial charge in [0.25, 0.3) is 5.56 Å². The molecule has 4 aromatic rings. The Morgan fingerprint density at radius 3 is 2.54 bits per heavy atom. The molecule has 0 bridgehead atoms. The third-order valence-electron chi connectivity index (χ3n) is 5.33. The number of nitrogens with zero attached hydrogens (tertiary/aromatic N) is 1. The average Bonchev–Trinajstić information content (AvgIpc) is 3.30. The van der Waals surface area contributed by atoms with Gasteiger partial charge in [-0.05, 0) is 67.2 Å². The van der Waals surface area contributed by atoms with Crippen molar-refractivity contribution in [2.45, 2.75) is 19.4 Å². The molecule has 4 nitrogen and oxygen atoms in total. The number of hydrogen-bond acceptors (Lipinski definition) is 2. The number of fused-ring (bicyclic) bond motifs is 2. The second-order valence-corrected chi connectivity index (χ2v) is 7.19. The molecule has 0 aliphatic carbocycles. The number of hydrogen-bond donors (Lipinski definition) is 2. The van der Waals surface area contributed by atoms with Crippen molar-refractivity contribution in [3.05, 3.63) is 70.5 Å². The molecule has 0 spiro atoms. The Morgan fingerprint density at radius 1 is 0.846 bits per heavy atom. The molecule has 4 heteroatoms. The maximum Gasteiger partial charge on any atom is 0.257 e. The Kier molecular flexibility index (Phi) is 3.64. The first-order valence-corrected chi connectivity index (χ1v) is 9.23. The highest BCUT2D eigenvalue weighted by Gasteiger charge is 2.13. The lowest BCUT2D eigenvalue weighted by molar-refractivity contribution is 0.331. The summed E-state index contributed by atoms with van der Waals surface area (Å²) >= 11 is 0. The minimum absolute atomic E-state index is 0.0625. The minimum atomic E-state index is -0.0625. The zero-order valence-corrected chi connectivity index (χ0v) is 14.6. The molecule has 2 aromatic carbocycles. The number of pyridine rings is 1. The van der Waals surface area contributed by atoms with Crippen LogP contribution in [0.2, 0.25) is 0 Å². The predicted molar refractivity (Wildman–Crippen MR) is 106 cm³/mol. The van der Waals surface area contributed by atoms with E-state index in [1.165, 1.54) is 31.5 Å². The van der Waals surface area contributed by atoms with Crippen molar-refractivity contribution in [1.29, 1.82) is 0 Å². The van der Waals surface area contributed by atoms with E-state index in [0.29, 0.717) is 5.56 Å². The zero-order valence-electron chi connectivity index (χ0n) is 14.6. The highest BCUT2D eigenvalue weighted by Crippen LogP contribution is 2.25. The lowest BCUT2D eigenvalue weighted by Crippen LogP contribution is -2.18. The third kappa shape index (κ3) is 2.72. The van der Waals surface area contributed by atoms with E-state index in [1.807, 2.05) is 30.3 Å². The van der Waals surface area contributed by atoms with Gasteiger partial charge in [-0.25, -0.2) is 0 Å². The van der Waals surface area contributed by atoms with Crippen LogP contribution in [0, 0.1) is 0 Å². The summed E-state index contributed by atoms with van der Waals surface area (Å²) in [4.78, 5) is 21.4. The minimum Gasteiger partial charge on any atom is -0.354 e. The van der Waals surface area contributed by atoms with Crippen LogP contribution < -0.4 is 5.56 Å². The quantitative estimate of drug-likeness (QED) is 0.583. The van der Waals surface area contributed by atoms with Gasteiger partial charge >= 0.3 is 0 Å². The van der Waals surface area contributed by atoms with Gasteiger partial charge < -0.3 is 9.97 Å². The molecule has 3 heterocycles. The number of aromatic amines is 2. The molecular formula is C22H21N3O. The lowest BCUT2D eigenvalue weighted by atomic mass is 10.1. The van der Waals surface area contributed by atoms with Gasteiger partial charge in [-0.15, -0.1) is 0 Å². The first-order valence-electron chi connectivity index (χ1n) is 9.23. The third-order valence-corrected chi connectivity index (χ3v) is 5.33. The molecular weight excluding hydrogens is 322 g/mol. The molecule has 0 saturated carbocycles. The maximum absolute atomic E-state index is 12.5. The topological polar surface area (TPSA) is 51.9 Å². The predicted octanol–water partition coefficient (Wildman–Crippen LogP) is 4.27. The highest BCUT2D eigenvalue weighted by molar-refractivity contribution is 5.89. The fourth-order valence-corrected chi connectivity index (χ4v) is 3.97. The van der Waals surface area contributed by atoms with Gasteiger partial charge in [0.2, 0.25) is 0 Å². The number of aromatic nitrogens is 2. The van der Waals surface area contributed by atoms with E-state index < -0.39 is 0 Å². The van der Waals surface area contributed by atoms with Crippen LogP contribution in [0.3, 0.4) is 0 Å². The van der Waals surface area contributed by atoms with Crippen LogP contribution in [0.4, 0.5) is 0 Å². The summed E-state index contributed by atoms with van der Waals surface area (Å²) in [5.41, 5.74) is 4.75. The molecule has 1 saturated heterocycles. The standard InChI is InChI=1S/C22H21N3O/c26-22-18(12-16-5-1-2-6-19(16)24-22)21-13-17-11-15(7-8-20(17)23-21)14-25-9-3-4-10-25/h1-2,5-8,11-13,23H,3-4,9-10,14H2,(H,24,26). The van der Waals surface area contributed by atoms with Gasteiger partial charge in [-0.1, -0.05) is 24.3 Å². The van der Waals surface area contributed by atoms with E-state index in [-0.39, 0.29) is 5.56 Å². The first-order chi connectivity index (χ1) is 12.8. The monoisotopic (exact) mass is 343 g/mol. The molecule has 2 N–H and O–H groups in total. The smallest absolute Gasteiger partial charge is 0.257 e. The number of rotatable bonds is 3. The Balaban J connectivity index is 1.55. The molecule has 0 unspecified atom stereocenters. The number of para-hydroxylation sites is 1. The molecule has 130 valence electrons. The van der Waals surface area contributed by atoms with Crippen molar-refractivity contribution < 1.29 is 0 Å². The van der Waals surface area contributed by atoms with Gasteiger partial charge in [0, 0.05) is 23.0 Å². The number of likely N-dealkylation sites (tertiary alicyclic amines) is 1. The number of H-pyrrole nitrogens is 2. The van der Waals surface area contributed by atoms with Gasteiger partial charge in [-0.2, -0.15) is 0 Å². The van der Waals surface area contributed by atoms with Crippen LogP contribution in [0.1, 0.15) is 18.4 Å². The fourth-order valence-electron chi connectivity index (χ4n) is 3.97. The van der Waals surface area contributed by atoms with E-state index >= 15 is 0 Å². The summed E-state index contributed by atoms with van der Waals surface area (Å²) in [6, 6.07) is 18.5. The van der Waals surface area contributed by atoms with Crippen molar-refractivity contribution >= 4 is 21.8 Å². The van der Waals surface area contributed by atoms with Crippen molar-refractivity contribution in [3.8, 4) is 11.3 Å². The van der Waals surface area contributed by atoms with E-state index in [9.17, 15) is 4.79 Å². The lowest BCUT2D eigenvalue weighted by Gasteiger charge is -2.14. The molecule has 0 radical (unpaired) electrons. The molecule has 2 aromatic heterocycles. The van der Waals surface area contributed by atoms with E-state index in [0.717, 1.165) is 34.0 Å². The summed E-state index contributed by atoms with van der Waals surface area (Å²) in [6.45, 7) is 3.40. The molecule has 1 aliphatic rings. The summed E-state index contributed by atoms with van der Waals surface area (Å²) in [5, 5.41) is 2.19. The molecule has 1 aliphatic heterocycles.